The number of amides is 1. The summed E-state index contributed by atoms with van der Waals surface area (Å²) in [7, 11) is 0. The minimum Gasteiger partial charge on any atom is -0.348 e. The topological polar surface area (TPSA) is 59.3 Å². The van der Waals surface area contributed by atoms with Gasteiger partial charge < -0.3 is 5.32 Å². The highest BCUT2D eigenvalue weighted by atomic mass is 35.5. The first kappa shape index (κ1) is 16.0. The smallest absolute Gasteiger partial charge is 0.348 e. The zero-order chi connectivity index (χ0) is 16.8. The number of nitrogens with one attached hydrogen (secondary N) is 1. The normalized spacial score (nSPS) is 16.2. The average molecular weight is 347 g/mol. The molecule has 0 aliphatic heterocycles. The summed E-state index contributed by atoms with van der Waals surface area (Å²) in [6, 6.07) is 0.884. The number of nitrogens with zero attached hydrogens (tertiary/aromatic N) is 3. The van der Waals surface area contributed by atoms with Crippen LogP contribution in [0.1, 0.15) is 47.6 Å². The van der Waals surface area contributed by atoms with E-state index in [1.165, 1.54) is 6.92 Å². The number of hydrogen-bond donors (Lipinski definition) is 1. The van der Waals surface area contributed by atoms with Gasteiger partial charge in [0.25, 0.3) is 5.91 Å². The lowest BCUT2D eigenvalue weighted by molar-refractivity contribution is -0.142. The van der Waals surface area contributed by atoms with Crippen molar-refractivity contribution in [3.63, 3.8) is 0 Å². The maximum Gasteiger partial charge on any atom is 0.433 e. The summed E-state index contributed by atoms with van der Waals surface area (Å²) in [6.45, 7) is 1.43. The predicted octanol–water partition coefficient (Wildman–Crippen LogP) is 3.38. The van der Waals surface area contributed by atoms with Crippen molar-refractivity contribution in [3.8, 4) is 0 Å². The van der Waals surface area contributed by atoms with E-state index in [1.807, 2.05) is 0 Å². The lowest BCUT2D eigenvalue weighted by Crippen LogP contribution is -2.33. The number of hydrogen-bond acceptors (Lipinski definition) is 3. The zero-order valence-electron chi connectivity index (χ0n) is 12.2. The molecular weight excluding hydrogens is 333 g/mol. The van der Waals surface area contributed by atoms with Gasteiger partial charge in [0.05, 0.1) is 0 Å². The Balaban J connectivity index is 2.05. The molecule has 3 rings (SSSR count). The minimum atomic E-state index is -4.62. The second-order valence-corrected chi connectivity index (χ2v) is 6.01. The number of carbonyl (C=O) groups excluding carboxylic acids is 1. The van der Waals surface area contributed by atoms with Crippen LogP contribution in [0, 0.1) is 6.92 Å². The number of aryl methyl sites for hydroxylation is 1. The molecule has 1 aliphatic carbocycles. The van der Waals surface area contributed by atoms with Crippen LogP contribution in [-0.2, 0) is 6.18 Å². The molecule has 9 heteroatoms. The van der Waals surface area contributed by atoms with E-state index >= 15 is 0 Å². The molecule has 23 heavy (non-hydrogen) atoms. The van der Waals surface area contributed by atoms with Crippen molar-refractivity contribution in [2.45, 2.75) is 44.8 Å². The van der Waals surface area contributed by atoms with Gasteiger partial charge in [-0.15, -0.1) is 0 Å². The van der Waals surface area contributed by atoms with Gasteiger partial charge in [-0.1, -0.05) is 24.4 Å². The molecule has 2 aromatic heterocycles. The fourth-order valence-corrected chi connectivity index (χ4v) is 3.03. The van der Waals surface area contributed by atoms with Crippen LogP contribution >= 0.6 is 11.6 Å². The van der Waals surface area contributed by atoms with E-state index in [4.69, 9.17) is 11.6 Å². The highest BCUT2D eigenvalue weighted by Crippen LogP contribution is 2.32. The molecule has 1 N–H and O–H groups in total. The van der Waals surface area contributed by atoms with Gasteiger partial charge in [0, 0.05) is 11.7 Å². The third kappa shape index (κ3) is 2.99. The van der Waals surface area contributed by atoms with Gasteiger partial charge in [0.15, 0.2) is 11.3 Å². The van der Waals surface area contributed by atoms with Crippen molar-refractivity contribution in [2.75, 3.05) is 0 Å². The SMILES string of the molecule is Cc1cc(C(F)(F)F)n2nc(C(=O)NC3CCCC3)c(Cl)c2n1. The van der Waals surface area contributed by atoms with Crippen LogP contribution in [0.25, 0.3) is 5.65 Å². The molecule has 124 valence electrons. The van der Waals surface area contributed by atoms with E-state index in [1.54, 1.807) is 0 Å². The van der Waals surface area contributed by atoms with Crippen molar-refractivity contribution in [2.24, 2.45) is 0 Å². The van der Waals surface area contributed by atoms with Gasteiger partial charge in [-0.2, -0.15) is 18.3 Å². The summed E-state index contributed by atoms with van der Waals surface area (Å²) in [5, 5.41) is 6.34. The summed E-state index contributed by atoms with van der Waals surface area (Å²) < 4.78 is 40.0. The Hall–Kier alpha value is -1.83. The van der Waals surface area contributed by atoms with Crippen LogP contribution in [-0.4, -0.2) is 26.5 Å². The minimum absolute atomic E-state index is 0.0140. The van der Waals surface area contributed by atoms with Gasteiger partial charge in [-0.25, -0.2) is 9.50 Å². The van der Waals surface area contributed by atoms with Crippen LogP contribution in [0.5, 0.6) is 0 Å². The van der Waals surface area contributed by atoms with Crippen molar-refractivity contribution >= 4 is 23.2 Å². The summed E-state index contributed by atoms with van der Waals surface area (Å²) in [5.74, 6) is -0.571. The monoisotopic (exact) mass is 346 g/mol. The maximum atomic E-state index is 13.1. The Morgan fingerprint density at radius 3 is 2.65 bits per heavy atom. The standard InChI is InChI=1S/C14H14ClF3N4O/c1-7-6-9(14(16,17)18)22-12(19-7)10(15)11(21-22)13(23)20-8-4-2-3-5-8/h6,8H,2-5H2,1H3,(H,20,23). The third-order valence-electron chi connectivity index (χ3n) is 3.86. The summed E-state index contributed by atoms with van der Waals surface area (Å²) in [5.41, 5.74) is -1.27. The van der Waals surface area contributed by atoms with E-state index < -0.39 is 17.8 Å². The molecule has 1 amide bonds. The Kier molecular flexibility index (Phi) is 3.95. The number of alkyl halides is 3. The lowest BCUT2D eigenvalue weighted by atomic mass is 10.2. The highest BCUT2D eigenvalue weighted by Gasteiger charge is 2.36. The highest BCUT2D eigenvalue weighted by molar-refractivity contribution is 6.36. The van der Waals surface area contributed by atoms with Crippen LogP contribution in [0.4, 0.5) is 13.2 Å². The Morgan fingerprint density at radius 2 is 2.04 bits per heavy atom. The van der Waals surface area contributed by atoms with Crippen LogP contribution in [0.3, 0.4) is 0 Å². The van der Waals surface area contributed by atoms with E-state index in [9.17, 15) is 18.0 Å². The van der Waals surface area contributed by atoms with Crippen LogP contribution in [0.2, 0.25) is 5.02 Å². The first-order valence-electron chi connectivity index (χ1n) is 7.21. The lowest BCUT2D eigenvalue weighted by Gasteiger charge is -2.10. The van der Waals surface area contributed by atoms with E-state index in [2.05, 4.69) is 15.4 Å². The van der Waals surface area contributed by atoms with Crippen molar-refractivity contribution < 1.29 is 18.0 Å². The molecule has 0 atom stereocenters. The van der Waals surface area contributed by atoms with Crippen molar-refractivity contribution in [1.82, 2.24) is 19.9 Å². The molecule has 0 saturated heterocycles. The average Bonchev–Trinajstić information content (AvgIpc) is 3.06. The van der Waals surface area contributed by atoms with E-state index in [0.717, 1.165) is 31.7 Å². The van der Waals surface area contributed by atoms with Crippen molar-refractivity contribution in [1.29, 1.82) is 0 Å². The number of aromatic nitrogens is 3. The number of carbonyl (C=O) groups is 1. The summed E-state index contributed by atoms with van der Waals surface area (Å²) in [4.78, 5) is 16.2. The predicted molar refractivity (Wildman–Crippen MR) is 77.5 cm³/mol. The third-order valence-corrected chi connectivity index (χ3v) is 4.20. The molecule has 2 aromatic rings. The largest absolute Gasteiger partial charge is 0.433 e. The molecule has 1 saturated carbocycles. The second-order valence-electron chi connectivity index (χ2n) is 5.63. The Labute approximate surface area is 134 Å². The van der Waals surface area contributed by atoms with Gasteiger partial charge in [0.1, 0.15) is 10.7 Å². The van der Waals surface area contributed by atoms with Gasteiger partial charge in [-0.05, 0) is 25.8 Å². The molecule has 0 aromatic carbocycles. The quantitative estimate of drug-likeness (QED) is 0.906. The maximum absolute atomic E-state index is 13.1. The number of rotatable bonds is 2. The molecular formula is C14H14ClF3N4O. The molecule has 1 aliphatic rings. The van der Waals surface area contributed by atoms with Gasteiger partial charge in [0.2, 0.25) is 0 Å². The summed E-state index contributed by atoms with van der Waals surface area (Å²) in [6.07, 6.45) is -0.893. The number of fused-ring (bicyclic) bond motifs is 1. The van der Waals surface area contributed by atoms with E-state index in [-0.39, 0.29) is 28.1 Å². The fourth-order valence-electron chi connectivity index (χ4n) is 2.78. The first-order chi connectivity index (χ1) is 10.8. The fraction of sp³-hybridized carbons (Fsp3) is 0.500. The Morgan fingerprint density at radius 1 is 1.39 bits per heavy atom. The molecule has 0 unspecified atom stereocenters. The van der Waals surface area contributed by atoms with Crippen molar-refractivity contribution in [3.05, 3.63) is 28.2 Å². The summed E-state index contributed by atoms with van der Waals surface area (Å²) >= 11 is 6.06. The Bertz CT molecular complexity index is 765. The second kappa shape index (κ2) is 5.67. The first-order valence-corrected chi connectivity index (χ1v) is 7.59. The molecule has 5 nitrogen and oxygen atoms in total. The zero-order valence-corrected chi connectivity index (χ0v) is 13.0. The van der Waals surface area contributed by atoms with Gasteiger partial charge >= 0.3 is 6.18 Å². The van der Waals surface area contributed by atoms with Crippen LogP contribution in [0.15, 0.2) is 6.07 Å². The molecule has 1 fully saturated rings. The molecule has 0 bridgehead atoms. The number of halogens is 4. The molecule has 0 spiro atoms. The van der Waals surface area contributed by atoms with Gasteiger partial charge in [-0.3, -0.25) is 4.79 Å². The molecule has 0 radical (unpaired) electrons. The molecule has 2 heterocycles. The van der Waals surface area contributed by atoms with Crippen LogP contribution < -0.4 is 5.32 Å². The van der Waals surface area contributed by atoms with E-state index in [0.29, 0.717) is 4.52 Å².